The van der Waals surface area contributed by atoms with E-state index in [0.29, 0.717) is 46.7 Å². The topological polar surface area (TPSA) is 96.3 Å². The van der Waals surface area contributed by atoms with Gasteiger partial charge in [-0.15, -0.1) is 10.2 Å². The minimum Gasteiger partial charge on any atom is -0.496 e. The Balaban J connectivity index is 1.46. The van der Waals surface area contributed by atoms with Crippen LogP contribution in [0.5, 0.6) is 11.5 Å². The summed E-state index contributed by atoms with van der Waals surface area (Å²) >= 11 is 1.32. The van der Waals surface area contributed by atoms with E-state index in [1.165, 1.54) is 11.8 Å². The third-order valence-electron chi connectivity index (χ3n) is 3.96. The lowest BCUT2D eigenvalue weighted by Gasteiger charge is -2.05. The Morgan fingerprint density at radius 3 is 2.52 bits per heavy atom. The molecule has 8 nitrogen and oxygen atoms in total. The van der Waals surface area contributed by atoms with Crippen molar-refractivity contribution in [3.63, 3.8) is 0 Å². The van der Waals surface area contributed by atoms with Crippen molar-refractivity contribution in [1.82, 2.24) is 20.3 Å². The van der Waals surface area contributed by atoms with Gasteiger partial charge in [0.2, 0.25) is 11.7 Å². The van der Waals surface area contributed by atoms with E-state index in [-0.39, 0.29) is 0 Å². The van der Waals surface area contributed by atoms with Gasteiger partial charge in [0.1, 0.15) is 11.5 Å². The van der Waals surface area contributed by atoms with Crippen LogP contribution in [0.3, 0.4) is 0 Å². The van der Waals surface area contributed by atoms with Crippen LogP contribution in [0.4, 0.5) is 0 Å². The number of rotatable bonds is 8. The Hall–Kier alpha value is -3.33. The standard InChI is InChI=1S/C20H18N4O4S/c1-3-26-16-11-7-5-9-14(16)19-22-23-20(27-19)29-12-17-21-18(24-28-17)13-8-4-6-10-15(13)25-2/h4-11H,3,12H2,1-2H3. The van der Waals surface area contributed by atoms with Gasteiger partial charge in [-0.05, 0) is 31.2 Å². The Labute approximate surface area is 171 Å². The molecule has 0 saturated carbocycles. The van der Waals surface area contributed by atoms with Crippen molar-refractivity contribution in [2.75, 3.05) is 13.7 Å². The molecule has 0 aliphatic carbocycles. The molecular weight excluding hydrogens is 392 g/mol. The van der Waals surface area contributed by atoms with Crippen LogP contribution in [0.1, 0.15) is 12.8 Å². The summed E-state index contributed by atoms with van der Waals surface area (Å²) in [5, 5.41) is 12.6. The smallest absolute Gasteiger partial charge is 0.277 e. The van der Waals surface area contributed by atoms with E-state index in [1.807, 2.05) is 55.5 Å². The van der Waals surface area contributed by atoms with Crippen molar-refractivity contribution >= 4 is 11.8 Å². The molecule has 0 aliphatic rings. The minimum absolute atomic E-state index is 0.400. The molecule has 4 aromatic rings. The molecule has 148 valence electrons. The van der Waals surface area contributed by atoms with Gasteiger partial charge in [0.15, 0.2) is 0 Å². The van der Waals surface area contributed by atoms with Gasteiger partial charge in [-0.25, -0.2) is 0 Å². The molecule has 4 rings (SSSR count). The SMILES string of the molecule is CCOc1ccccc1-c1nnc(SCc2nc(-c3ccccc3OC)no2)o1. The molecule has 0 atom stereocenters. The van der Waals surface area contributed by atoms with E-state index < -0.39 is 0 Å². The van der Waals surface area contributed by atoms with Gasteiger partial charge in [-0.3, -0.25) is 0 Å². The quantitative estimate of drug-likeness (QED) is 0.389. The Bertz CT molecular complexity index is 1100. The first-order valence-electron chi connectivity index (χ1n) is 8.93. The molecule has 0 saturated heterocycles. The van der Waals surface area contributed by atoms with Crippen molar-refractivity contribution < 1.29 is 18.4 Å². The van der Waals surface area contributed by atoms with E-state index >= 15 is 0 Å². The number of aromatic nitrogens is 4. The maximum atomic E-state index is 5.76. The zero-order chi connectivity index (χ0) is 20.1. The highest BCUT2D eigenvalue weighted by atomic mass is 32.2. The molecule has 0 aliphatic heterocycles. The summed E-state index contributed by atoms with van der Waals surface area (Å²) in [5.41, 5.74) is 1.52. The van der Waals surface area contributed by atoms with E-state index in [0.717, 1.165) is 11.1 Å². The number of ether oxygens (including phenoxy) is 2. The summed E-state index contributed by atoms with van der Waals surface area (Å²) < 4.78 is 22.0. The monoisotopic (exact) mass is 410 g/mol. The van der Waals surface area contributed by atoms with Crippen LogP contribution in [-0.4, -0.2) is 34.1 Å². The first kappa shape index (κ1) is 19.0. The minimum atomic E-state index is 0.400. The van der Waals surface area contributed by atoms with Gasteiger partial charge in [0.05, 0.1) is 30.6 Å². The maximum absolute atomic E-state index is 5.76. The highest BCUT2D eigenvalue weighted by Crippen LogP contribution is 2.32. The summed E-state index contributed by atoms with van der Waals surface area (Å²) in [4.78, 5) is 4.42. The highest BCUT2D eigenvalue weighted by molar-refractivity contribution is 7.98. The highest BCUT2D eigenvalue weighted by Gasteiger charge is 2.16. The fourth-order valence-corrected chi connectivity index (χ4v) is 3.28. The lowest BCUT2D eigenvalue weighted by Crippen LogP contribution is -1.93. The second-order valence-corrected chi connectivity index (χ2v) is 6.73. The van der Waals surface area contributed by atoms with Crippen molar-refractivity contribution in [2.24, 2.45) is 0 Å². The summed E-state index contributed by atoms with van der Waals surface area (Å²) in [6.45, 7) is 2.48. The third kappa shape index (κ3) is 4.24. The molecule has 0 unspecified atom stereocenters. The van der Waals surface area contributed by atoms with Crippen LogP contribution >= 0.6 is 11.8 Å². The zero-order valence-electron chi connectivity index (χ0n) is 15.9. The average Bonchev–Trinajstić information content (AvgIpc) is 3.42. The zero-order valence-corrected chi connectivity index (χ0v) is 16.7. The van der Waals surface area contributed by atoms with Crippen LogP contribution in [0.15, 0.2) is 62.7 Å². The molecule has 0 N–H and O–H groups in total. The lowest BCUT2D eigenvalue weighted by molar-refractivity contribution is 0.340. The van der Waals surface area contributed by atoms with Crippen LogP contribution in [0, 0.1) is 0 Å². The van der Waals surface area contributed by atoms with E-state index in [1.54, 1.807) is 7.11 Å². The Morgan fingerprint density at radius 1 is 0.966 bits per heavy atom. The summed E-state index contributed by atoms with van der Waals surface area (Å²) in [6.07, 6.45) is 0. The van der Waals surface area contributed by atoms with E-state index in [2.05, 4.69) is 20.3 Å². The van der Waals surface area contributed by atoms with Crippen LogP contribution in [0.25, 0.3) is 22.8 Å². The van der Waals surface area contributed by atoms with Gasteiger partial charge >= 0.3 is 0 Å². The van der Waals surface area contributed by atoms with Gasteiger partial charge < -0.3 is 18.4 Å². The molecule has 0 radical (unpaired) electrons. The lowest BCUT2D eigenvalue weighted by atomic mass is 10.2. The molecule has 2 aromatic carbocycles. The number of hydrogen-bond acceptors (Lipinski definition) is 9. The second kappa shape index (κ2) is 8.78. The Kier molecular flexibility index (Phi) is 5.76. The second-order valence-electron chi connectivity index (χ2n) is 5.80. The van der Waals surface area contributed by atoms with Crippen LogP contribution < -0.4 is 9.47 Å². The van der Waals surface area contributed by atoms with Gasteiger partial charge in [-0.2, -0.15) is 4.98 Å². The van der Waals surface area contributed by atoms with Crippen molar-refractivity contribution in [3.8, 4) is 34.3 Å². The van der Waals surface area contributed by atoms with Crippen molar-refractivity contribution in [3.05, 3.63) is 54.4 Å². The molecule has 0 fully saturated rings. The van der Waals surface area contributed by atoms with Crippen molar-refractivity contribution in [2.45, 2.75) is 17.9 Å². The molecule has 9 heteroatoms. The normalized spacial score (nSPS) is 10.8. The molecule has 2 heterocycles. The molecule has 0 bridgehead atoms. The van der Waals surface area contributed by atoms with Gasteiger partial charge in [0, 0.05) is 0 Å². The average molecular weight is 410 g/mol. The van der Waals surface area contributed by atoms with E-state index in [4.69, 9.17) is 18.4 Å². The van der Waals surface area contributed by atoms with Crippen LogP contribution in [-0.2, 0) is 5.75 Å². The first-order chi connectivity index (χ1) is 14.3. The molecular formula is C20H18N4O4S. The number of thioether (sulfide) groups is 1. The predicted octanol–water partition coefficient (Wildman–Crippen LogP) is 4.49. The van der Waals surface area contributed by atoms with Gasteiger partial charge in [-0.1, -0.05) is 41.2 Å². The first-order valence-corrected chi connectivity index (χ1v) is 9.91. The number of hydrogen-bond donors (Lipinski definition) is 0. The fraction of sp³-hybridized carbons (Fsp3) is 0.200. The van der Waals surface area contributed by atoms with Gasteiger partial charge in [0.25, 0.3) is 11.1 Å². The number of benzene rings is 2. The number of para-hydroxylation sites is 2. The molecule has 29 heavy (non-hydrogen) atoms. The number of methoxy groups -OCH3 is 1. The summed E-state index contributed by atoms with van der Waals surface area (Å²) in [5.74, 6) is 3.10. The maximum Gasteiger partial charge on any atom is 0.277 e. The molecule has 2 aromatic heterocycles. The molecule has 0 spiro atoms. The third-order valence-corrected chi connectivity index (χ3v) is 4.76. The largest absolute Gasteiger partial charge is 0.496 e. The number of nitrogens with zero attached hydrogens (tertiary/aromatic N) is 4. The summed E-state index contributed by atoms with van der Waals surface area (Å²) in [6, 6.07) is 15.0. The van der Waals surface area contributed by atoms with Crippen molar-refractivity contribution in [1.29, 1.82) is 0 Å². The predicted molar refractivity (Wildman–Crippen MR) is 107 cm³/mol. The Morgan fingerprint density at radius 2 is 1.72 bits per heavy atom. The fourth-order valence-electron chi connectivity index (χ4n) is 2.68. The summed E-state index contributed by atoms with van der Waals surface area (Å²) in [7, 11) is 1.60. The van der Waals surface area contributed by atoms with Crippen LogP contribution in [0.2, 0.25) is 0 Å². The molecule has 0 amide bonds. The van der Waals surface area contributed by atoms with E-state index in [9.17, 15) is 0 Å².